The first-order valence-electron chi connectivity index (χ1n) is 4.05. The molecule has 0 unspecified atom stereocenters. The van der Waals surface area contributed by atoms with Gasteiger partial charge >= 0.3 is 0 Å². The minimum Gasteiger partial charge on any atom is -0.490 e. The van der Waals surface area contributed by atoms with Gasteiger partial charge in [0.25, 0.3) is 5.56 Å². The van der Waals surface area contributed by atoms with Gasteiger partial charge in [0.2, 0.25) is 0 Å². The maximum Gasteiger partial charge on any atom is 0.271 e. The van der Waals surface area contributed by atoms with Gasteiger partial charge in [-0.1, -0.05) is 0 Å². The van der Waals surface area contributed by atoms with Crippen LogP contribution in [0.4, 0.5) is 0 Å². The zero-order valence-corrected chi connectivity index (χ0v) is 7.51. The van der Waals surface area contributed by atoms with Gasteiger partial charge in [-0.2, -0.15) is 10.4 Å². The summed E-state index contributed by atoms with van der Waals surface area (Å²) in [5.74, 6) is 0.370. The molecular weight excluding hydrogens is 184 g/mol. The van der Waals surface area contributed by atoms with Gasteiger partial charge in [-0.3, -0.25) is 4.79 Å². The summed E-state index contributed by atoms with van der Waals surface area (Å²) in [6, 6.07) is 3.10. The molecule has 0 radical (unpaired) electrons. The van der Waals surface area contributed by atoms with Crippen molar-refractivity contribution in [2.75, 3.05) is 13.2 Å². The van der Waals surface area contributed by atoms with E-state index in [1.54, 1.807) is 0 Å². The molecule has 0 aromatic carbocycles. The minimum absolute atomic E-state index is 0.0595. The first kappa shape index (κ1) is 10.2. The topological polar surface area (TPSA) is 93.9 Å². The Bertz CT molecular complexity index is 393. The molecule has 1 heterocycles. The molecule has 0 saturated carbocycles. The largest absolute Gasteiger partial charge is 0.490 e. The van der Waals surface area contributed by atoms with E-state index in [-0.39, 0.29) is 12.1 Å². The molecule has 6 heteroatoms. The van der Waals surface area contributed by atoms with Crippen LogP contribution in [0.5, 0.6) is 5.75 Å². The molecule has 14 heavy (non-hydrogen) atoms. The Morgan fingerprint density at radius 1 is 1.71 bits per heavy atom. The van der Waals surface area contributed by atoms with Crippen LogP contribution in [0.25, 0.3) is 0 Å². The maximum atomic E-state index is 11.2. The SMILES string of the molecule is N#CCn1ncc(OCCN)cc1=O. The quantitative estimate of drug-likeness (QED) is 0.670. The molecule has 74 valence electrons. The molecule has 0 aliphatic rings. The van der Waals surface area contributed by atoms with Crippen LogP contribution >= 0.6 is 0 Å². The molecule has 0 amide bonds. The van der Waals surface area contributed by atoms with E-state index in [0.717, 1.165) is 4.68 Å². The van der Waals surface area contributed by atoms with E-state index in [0.29, 0.717) is 18.9 Å². The summed E-state index contributed by atoms with van der Waals surface area (Å²) in [5.41, 5.74) is 4.86. The highest BCUT2D eigenvalue weighted by atomic mass is 16.5. The first-order chi connectivity index (χ1) is 6.77. The second-order valence-corrected chi connectivity index (χ2v) is 2.48. The molecule has 0 fully saturated rings. The number of rotatable bonds is 4. The Hall–Kier alpha value is -1.87. The number of hydrogen-bond donors (Lipinski definition) is 1. The van der Waals surface area contributed by atoms with Crippen molar-refractivity contribution in [3.63, 3.8) is 0 Å². The maximum absolute atomic E-state index is 11.2. The van der Waals surface area contributed by atoms with Crippen LogP contribution in [0.1, 0.15) is 0 Å². The molecule has 0 aliphatic heterocycles. The third-order valence-corrected chi connectivity index (χ3v) is 1.45. The second kappa shape index (κ2) is 4.99. The molecule has 0 aliphatic carbocycles. The van der Waals surface area contributed by atoms with Gasteiger partial charge in [0, 0.05) is 12.6 Å². The average Bonchev–Trinajstić information content (AvgIpc) is 2.19. The number of nitriles is 1. The lowest BCUT2D eigenvalue weighted by Crippen LogP contribution is -2.22. The van der Waals surface area contributed by atoms with Crippen LogP contribution in [0, 0.1) is 11.3 Å². The summed E-state index contributed by atoms with van der Waals surface area (Å²) >= 11 is 0. The van der Waals surface area contributed by atoms with Gasteiger partial charge < -0.3 is 10.5 Å². The van der Waals surface area contributed by atoms with Crippen molar-refractivity contribution in [3.05, 3.63) is 22.6 Å². The van der Waals surface area contributed by atoms with Gasteiger partial charge in [-0.25, -0.2) is 4.68 Å². The van der Waals surface area contributed by atoms with Gasteiger partial charge in [0.1, 0.15) is 18.9 Å². The molecule has 1 aromatic rings. The zero-order valence-electron chi connectivity index (χ0n) is 7.51. The summed E-state index contributed by atoms with van der Waals surface area (Å²) in [4.78, 5) is 11.2. The van der Waals surface area contributed by atoms with Crippen LogP contribution < -0.4 is 16.0 Å². The predicted molar refractivity (Wildman–Crippen MR) is 48.7 cm³/mol. The Balaban J connectivity index is 2.80. The fourth-order valence-electron chi connectivity index (χ4n) is 0.858. The smallest absolute Gasteiger partial charge is 0.271 e. The first-order valence-corrected chi connectivity index (χ1v) is 4.05. The van der Waals surface area contributed by atoms with E-state index in [2.05, 4.69) is 5.10 Å². The molecule has 1 aromatic heterocycles. The Labute approximate surface area is 80.5 Å². The Morgan fingerprint density at radius 2 is 2.50 bits per heavy atom. The van der Waals surface area contributed by atoms with Crippen molar-refractivity contribution >= 4 is 0 Å². The lowest BCUT2D eigenvalue weighted by Gasteiger charge is -2.03. The molecule has 2 N–H and O–H groups in total. The summed E-state index contributed by atoms with van der Waals surface area (Å²) in [5, 5.41) is 12.1. The zero-order chi connectivity index (χ0) is 10.4. The van der Waals surface area contributed by atoms with Crippen molar-refractivity contribution in [1.29, 1.82) is 5.26 Å². The standard InChI is InChI=1S/C8H10N4O2/c9-1-3-12-8(13)5-7(6-11-12)14-4-2-10/h5-6H,2-4,10H2. The monoisotopic (exact) mass is 194 g/mol. The Kier molecular flexibility index (Phi) is 3.64. The molecule has 0 spiro atoms. The Morgan fingerprint density at radius 3 is 3.07 bits per heavy atom. The van der Waals surface area contributed by atoms with E-state index in [9.17, 15) is 4.79 Å². The van der Waals surface area contributed by atoms with Crippen molar-refractivity contribution in [2.24, 2.45) is 5.73 Å². The van der Waals surface area contributed by atoms with Gasteiger partial charge in [0.05, 0.1) is 12.3 Å². The van der Waals surface area contributed by atoms with E-state index >= 15 is 0 Å². The summed E-state index contributed by atoms with van der Waals surface area (Å²) in [7, 11) is 0. The number of hydrogen-bond acceptors (Lipinski definition) is 5. The molecule has 6 nitrogen and oxygen atoms in total. The van der Waals surface area contributed by atoms with Crippen molar-refractivity contribution in [1.82, 2.24) is 9.78 Å². The number of aromatic nitrogens is 2. The number of nitrogens with two attached hydrogens (primary N) is 1. The highest BCUT2D eigenvalue weighted by Crippen LogP contribution is 2.02. The second-order valence-electron chi connectivity index (χ2n) is 2.48. The highest BCUT2D eigenvalue weighted by Gasteiger charge is 1.99. The highest BCUT2D eigenvalue weighted by molar-refractivity contribution is 5.13. The number of ether oxygens (including phenoxy) is 1. The third-order valence-electron chi connectivity index (χ3n) is 1.45. The lowest BCUT2D eigenvalue weighted by molar-refractivity contribution is 0.324. The van der Waals surface area contributed by atoms with E-state index in [1.807, 2.05) is 6.07 Å². The van der Waals surface area contributed by atoms with Crippen LogP contribution in [-0.4, -0.2) is 22.9 Å². The minimum atomic E-state index is -0.360. The van der Waals surface area contributed by atoms with Crippen molar-refractivity contribution < 1.29 is 4.74 Å². The van der Waals surface area contributed by atoms with Gasteiger partial charge in [0.15, 0.2) is 0 Å². The number of nitrogens with zero attached hydrogens (tertiary/aromatic N) is 3. The van der Waals surface area contributed by atoms with Crippen molar-refractivity contribution in [2.45, 2.75) is 6.54 Å². The van der Waals surface area contributed by atoms with Crippen LogP contribution in [0.15, 0.2) is 17.1 Å². The molecular formula is C8H10N4O2. The third kappa shape index (κ3) is 2.57. The lowest BCUT2D eigenvalue weighted by atomic mass is 10.5. The molecule has 1 rings (SSSR count). The van der Waals surface area contributed by atoms with Gasteiger partial charge in [-0.15, -0.1) is 0 Å². The summed E-state index contributed by atoms with van der Waals surface area (Å²) < 4.78 is 6.14. The predicted octanol–water partition coefficient (Wildman–Crippen LogP) is -0.896. The molecule has 0 atom stereocenters. The summed E-state index contributed by atoms with van der Waals surface area (Å²) in [6.07, 6.45) is 1.38. The van der Waals surface area contributed by atoms with Crippen LogP contribution in [0.2, 0.25) is 0 Å². The fourth-order valence-corrected chi connectivity index (χ4v) is 0.858. The fraction of sp³-hybridized carbons (Fsp3) is 0.375. The normalized spacial score (nSPS) is 9.43. The molecule has 0 saturated heterocycles. The van der Waals surface area contributed by atoms with E-state index in [1.165, 1.54) is 12.3 Å². The average molecular weight is 194 g/mol. The van der Waals surface area contributed by atoms with Crippen molar-refractivity contribution in [3.8, 4) is 11.8 Å². The van der Waals surface area contributed by atoms with E-state index < -0.39 is 0 Å². The van der Waals surface area contributed by atoms with Crippen LogP contribution in [-0.2, 0) is 6.54 Å². The van der Waals surface area contributed by atoms with Crippen LogP contribution in [0.3, 0.4) is 0 Å². The summed E-state index contributed by atoms with van der Waals surface area (Å²) in [6.45, 7) is 0.653. The molecule has 0 bridgehead atoms. The van der Waals surface area contributed by atoms with Gasteiger partial charge in [-0.05, 0) is 0 Å². The van der Waals surface area contributed by atoms with E-state index in [4.69, 9.17) is 15.7 Å².